The van der Waals surface area contributed by atoms with Crippen LogP contribution in [0.1, 0.15) is 26.2 Å². The van der Waals surface area contributed by atoms with Crippen LogP contribution < -0.4 is 5.73 Å². The van der Waals surface area contributed by atoms with Gasteiger partial charge in [0, 0.05) is 20.0 Å². The van der Waals surface area contributed by atoms with Crippen LogP contribution in [0.4, 0.5) is 0 Å². The van der Waals surface area contributed by atoms with Crippen LogP contribution in [0.15, 0.2) is 0 Å². The minimum atomic E-state index is 0. The summed E-state index contributed by atoms with van der Waals surface area (Å²) in [5, 5.41) is 0. The van der Waals surface area contributed by atoms with Crippen LogP contribution in [0.3, 0.4) is 0 Å². The molecule has 0 bridgehead atoms. The van der Waals surface area contributed by atoms with Crippen molar-refractivity contribution >= 4 is 18.3 Å². The van der Waals surface area contributed by atoms with E-state index in [0.717, 1.165) is 44.8 Å². The van der Waals surface area contributed by atoms with Gasteiger partial charge in [0.05, 0.1) is 0 Å². The lowest BCUT2D eigenvalue weighted by molar-refractivity contribution is -0.130. The van der Waals surface area contributed by atoms with Gasteiger partial charge in [0.1, 0.15) is 0 Å². The first kappa shape index (κ1) is 12.7. The summed E-state index contributed by atoms with van der Waals surface area (Å²) >= 11 is 0. The van der Waals surface area contributed by atoms with Crippen molar-refractivity contribution in [1.29, 1.82) is 0 Å². The van der Waals surface area contributed by atoms with Gasteiger partial charge in [0.25, 0.3) is 0 Å². The van der Waals surface area contributed by atoms with Gasteiger partial charge in [-0.15, -0.1) is 12.4 Å². The summed E-state index contributed by atoms with van der Waals surface area (Å²) in [4.78, 5) is 12.9. The van der Waals surface area contributed by atoms with E-state index in [2.05, 4.69) is 0 Å². The molecule has 1 aliphatic heterocycles. The Morgan fingerprint density at radius 1 is 1.46 bits per heavy atom. The van der Waals surface area contributed by atoms with E-state index in [4.69, 9.17) is 5.73 Å². The van der Waals surface area contributed by atoms with Crippen molar-refractivity contribution in [3.8, 4) is 0 Å². The van der Waals surface area contributed by atoms with Crippen molar-refractivity contribution in [3.05, 3.63) is 0 Å². The second-order valence-corrected chi connectivity index (χ2v) is 3.53. The van der Waals surface area contributed by atoms with Crippen LogP contribution in [0.25, 0.3) is 0 Å². The predicted molar refractivity (Wildman–Crippen MR) is 55.9 cm³/mol. The molecule has 0 aliphatic carbocycles. The van der Waals surface area contributed by atoms with Gasteiger partial charge in [-0.1, -0.05) is 0 Å². The summed E-state index contributed by atoms with van der Waals surface area (Å²) in [5.74, 6) is 0.965. The predicted octanol–water partition coefficient (Wildman–Crippen LogP) is 1.02. The monoisotopic (exact) mass is 206 g/mol. The van der Waals surface area contributed by atoms with E-state index in [-0.39, 0.29) is 18.3 Å². The SMILES string of the molecule is CC(=O)N1CCC(CCN)CC1.Cl. The maximum atomic E-state index is 11.0. The van der Waals surface area contributed by atoms with Gasteiger partial charge in [-0.2, -0.15) is 0 Å². The molecule has 3 nitrogen and oxygen atoms in total. The molecule has 1 amide bonds. The average Bonchev–Trinajstić information content (AvgIpc) is 2.06. The minimum absolute atomic E-state index is 0. The first-order valence-corrected chi connectivity index (χ1v) is 4.69. The van der Waals surface area contributed by atoms with E-state index in [1.54, 1.807) is 6.92 Å². The second-order valence-electron chi connectivity index (χ2n) is 3.53. The normalized spacial score (nSPS) is 18.2. The lowest BCUT2D eigenvalue weighted by Crippen LogP contribution is -2.37. The standard InChI is InChI=1S/C9H18N2O.ClH/c1-8(12)11-6-3-9(2-5-10)4-7-11;/h9H,2-7,10H2,1H3;1H. The number of amides is 1. The lowest BCUT2D eigenvalue weighted by atomic mass is 9.94. The smallest absolute Gasteiger partial charge is 0.219 e. The fraction of sp³-hybridized carbons (Fsp3) is 0.889. The van der Waals surface area contributed by atoms with Gasteiger partial charge in [0.15, 0.2) is 0 Å². The number of hydrogen-bond donors (Lipinski definition) is 1. The molecule has 0 saturated carbocycles. The third-order valence-electron chi connectivity index (χ3n) is 2.63. The Kier molecular flexibility index (Phi) is 6.08. The molecule has 2 N–H and O–H groups in total. The topological polar surface area (TPSA) is 46.3 Å². The van der Waals surface area contributed by atoms with Crippen molar-refractivity contribution in [2.75, 3.05) is 19.6 Å². The molecule has 0 radical (unpaired) electrons. The van der Waals surface area contributed by atoms with E-state index in [1.807, 2.05) is 4.90 Å². The van der Waals surface area contributed by atoms with Crippen LogP contribution in [0.5, 0.6) is 0 Å². The number of likely N-dealkylation sites (tertiary alicyclic amines) is 1. The number of nitrogens with zero attached hydrogens (tertiary/aromatic N) is 1. The highest BCUT2D eigenvalue weighted by atomic mass is 35.5. The summed E-state index contributed by atoms with van der Waals surface area (Å²) in [6.07, 6.45) is 3.39. The lowest BCUT2D eigenvalue weighted by Gasteiger charge is -2.30. The van der Waals surface area contributed by atoms with Gasteiger partial charge in [-0.3, -0.25) is 4.79 Å². The Morgan fingerprint density at radius 2 is 2.00 bits per heavy atom. The van der Waals surface area contributed by atoms with Gasteiger partial charge in [-0.25, -0.2) is 0 Å². The zero-order chi connectivity index (χ0) is 8.97. The molecule has 1 saturated heterocycles. The van der Waals surface area contributed by atoms with Crippen LogP contribution in [-0.4, -0.2) is 30.4 Å². The van der Waals surface area contributed by atoms with Gasteiger partial charge >= 0.3 is 0 Å². The third kappa shape index (κ3) is 3.96. The third-order valence-corrected chi connectivity index (χ3v) is 2.63. The van der Waals surface area contributed by atoms with Crippen molar-refractivity contribution in [2.24, 2.45) is 11.7 Å². The largest absolute Gasteiger partial charge is 0.343 e. The maximum Gasteiger partial charge on any atom is 0.219 e. The molecule has 0 unspecified atom stereocenters. The summed E-state index contributed by atoms with van der Waals surface area (Å²) in [7, 11) is 0. The van der Waals surface area contributed by atoms with E-state index in [1.165, 1.54) is 0 Å². The van der Waals surface area contributed by atoms with E-state index >= 15 is 0 Å². The maximum absolute atomic E-state index is 11.0. The fourth-order valence-electron chi connectivity index (χ4n) is 1.77. The second kappa shape index (κ2) is 6.22. The molecule has 0 spiro atoms. The fourth-order valence-corrected chi connectivity index (χ4v) is 1.77. The number of halogens is 1. The van der Waals surface area contributed by atoms with E-state index in [9.17, 15) is 4.79 Å². The summed E-state index contributed by atoms with van der Waals surface area (Å²) in [6, 6.07) is 0. The first-order chi connectivity index (χ1) is 5.74. The number of piperidine rings is 1. The molecule has 0 aromatic rings. The Hall–Kier alpha value is -0.280. The van der Waals surface area contributed by atoms with Gasteiger partial charge in [-0.05, 0) is 31.7 Å². The highest BCUT2D eigenvalue weighted by Gasteiger charge is 2.19. The molecular weight excluding hydrogens is 188 g/mol. The summed E-state index contributed by atoms with van der Waals surface area (Å²) in [6.45, 7) is 4.29. The quantitative estimate of drug-likeness (QED) is 0.733. The first-order valence-electron chi connectivity index (χ1n) is 4.69. The molecule has 0 aromatic carbocycles. The zero-order valence-corrected chi connectivity index (χ0v) is 8.98. The van der Waals surface area contributed by atoms with Crippen molar-refractivity contribution in [3.63, 3.8) is 0 Å². The van der Waals surface area contributed by atoms with Crippen molar-refractivity contribution in [1.82, 2.24) is 4.90 Å². The molecule has 1 heterocycles. The number of carbonyl (C=O) groups is 1. The molecule has 1 fully saturated rings. The summed E-state index contributed by atoms with van der Waals surface area (Å²) in [5.41, 5.74) is 5.47. The zero-order valence-electron chi connectivity index (χ0n) is 8.16. The number of carbonyl (C=O) groups excluding carboxylic acids is 1. The van der Waals surface area contributed by atoms with Crippen molar-refractivity contribution in [2.45, 2.75) is 26.2 Å². The summed E-state index contributed by atoms with van der Waals surface area (Å²) < 4.78 is 0. The molecule has 0 atom stereocenters. The highest BCUT2D eigenvalue weighted by molar-refractivity contribution is 5.85. The van der Waals surface area contributed by atoms with Crippen molar-refractivity contribution < 1.29 is 4.79 Å². The molecule has 0 aromatic heterocycles. The van der Waals surface area contributed by atoms with Gasteiger partial charge in [0.2, 0.25) is 5.91 Å². The van der Waals surface area contributed by atoms with Crippen LogP contribution in [-0.2, 0) is 4.79 Å². The van der Waals surface area contributed by atoms with E-state index < -0.39 is 0 Å². The minimum Gasteiger partial charge on any atom is -0.343 e. The molecule has 4 heteroatoms. The highest BCUT2D eigenvalue weighted by Crippen LogP contribution is 2.19. The number of rotatable bonds is 2. The molecule has 1 rings (SSSR count). The Labute approximate surface area is 86.1 Å². The Morgan fingerprint density at radius 3 is 2.38 bits per heavy atom. The molecule has 78 valence electrons. The average molecular weight is 207 g/mol. The van der Waals surface area contributed by atoms with Crippen LogP contribution in [0.2, 0.25) is 0 Å². The molecule has 13 heavy (non-hydrogen) atoms. The Bertz CT molecular complexity index is 156. The van der Waals surface area contributed by atoms with Crippen LogP contribution >= 0.6 is 12.4 Å². The van der Waals surface area contributed by atoms with Gasteiger partial charge < -0.3 is 10.6 Å². The van der Waals surface area contributed by atoms with Crippen LogP contribution in [0, 0.1) is 5.92 Å². The number of nitrogens with two attached hydrogens (primary N) is 1. The Balaban J connectivity index is 0.00000144. The number of hydrogen-bond acceptors (Lipinski definition) is 2. The molecule has 1 aliphatic rings. The van der Waals surface area contributed by atoms with E-state index in [0.29, 0.717) is 0 Å². The molecular formula is C9H19ClN2O.